The van der Waals surface area contributed by atoms with E-state index in [1.165, 1.54) is 18.4 Å². The van der Waals surface area contributed by atoms with Crippen molar-refractivity contribution >= 4 is 5.69 Å². The van der Waals surface area contributed by atoms with Gasteiger partial charge in [0.05, 0.1) is 0 Å². The first kappa shape index (κ1) is 13.0. The molecule has 90 valence electrons. The highest BCUT2D eigenvalue weighted by atomic mass is 14.8. The van der Waals surface area contributed by atoms with Crippen LogP contribution in [0.15, 0.2) is 24.3 Å². The molecule has 0 radical (unpaired) electrons. The van der Waals surface area contributed by atoms with Crippen molar-refractivity contribution in [2.45, 2.75) is 33.1 Å². The van der Waals surface area contributed by atoms with Crippen LogP contribution in [0.4, 0.5) is 5.69 Å². The van der Waals surface area contributed by atoms with Gasteiger partial charge in [0.2, 0.25) is 0 Å². The number of hydrogen-bond donors (Lipinski definition) is 2. The molecule has 0 unspecified atom stereocenters. The Morgan fingerprint density at radius 3 is 2.31 bits per heavy atom. The van der Waals surface area contributed by atoms with E-state index in [4.69, 9.17) is 5.73 Å². The Balaban J connectivity index is 2.18. The van der Waals surface area contributed by atoms with Gasteiger partial charge < -0.3 is 11.1 Å². The molecule has 0 saturated carbocycles. The Labute approximate surface area is 99.2 Å². The minimum absolute atomic E-state index is 0.825. The highest BCUT2D eigenvalue weighted by Crippen LogP contribution is 2.07. The summed E-state index contributed by atoms with van der Waals surface area (Å²) in [6.07, 6.45) is 3.62. The van der Waals surface area contributed by atoms with Crippen molar-refractivity contribution in [3.63, 3.8) is 0 Å². The van der Waals surface area contributed by atoms with Crippen LogP contribution >= 0.6 is 0 Å². The topological polar surface area (TPSA) is 38.0 Å². The van der Waals surface area contributed by atoms with E-state index in [-0.39, 0.29) is 0 Å². The smallest absolute Gasteiger partial charge is 0.0314 e. The van der Waals surface area contributed by atoms with Crippen LogP contribution in [0.25, 0.3) is 0 Å². The molecule has 0 atom stereocenters. The molecule has 0 saturated heterocycles. The fraction of sp³-hybridized carbons (Fsp3) is 0.571. The lowest BCUT2D eigenvalue weighted by Crippen LogP contribution is -2.24. The van der Waals surface area contributed by atoms with E-state index in [2.05, 4.69) is 31.3 Å². The molecule has 0 bridgehead atoms. The first-order valence-corrected chi connectivity index (χ1v) is 6.31. The van der Waals surface area contributed by atoms with Crippen molar-refractivity contribution in [1.82, 2.24) is 5.32 Å². The number of rotatable bonds is 7. The van der Waals surface area contributed by atoms with Crippen molar-refractivity contribution in [2.75, 3.05) is 18.8 Å². The second kappa shape index (κ2) is 7.29. The van der Waals surface area contributed by atoms with E-state index in [1.807, 2.05) is 12.1 Å². The third-order valence-corrected chi connectivity index (χ3v) is 3.16. The Bertz CT molecular complexity index is 275. The van der Waals surface area contributed by atoms with Crippen LogP contribution in [0.1, 0.15) is 32.3 Å². The molecule has 0 aliphatic carbocycles. The summed E-state index contributed by atoms with van der Waals surface area (Å²) in [4.78, 5) is 0. The van der Waals surface area contributed by atoms with Crippen LogP contribution in [0.5, 0.6) is 0 Å². The fourth-order valence-corrected chi connectivity index (χ4v) is 1.80. The molecule has 0 heterocycles. The highest BCUT2D eigenvalue weighted by molar-refractivity contribution is 5.39. The summed E-state index contributed by atoms with van der Waals surface area (Å²) in [7, 11) is 0. The lowest BCUT2D eigenvalue weighted by Gasteiger charge is -2.13. The molecule has 0 fully saturated rings. The molecular weight excluding hydrogens is 196 g/mol. The minimum atomic E-state index is 0.825. The SMILES string of the molecule is CCC(CC)CNCCc1ccc(N)cc1. The van der Waals surface area contributed by atoms with Gasteiger partial charge in [0.1, 0.15) is 0 Å². The molecule has 0 amide bonds. The van der Waals surface area contributed by atoms with Gasteiger partial charge in [-0.05, 0) is 43.1 Å². The van der Waals surface area contributed by atoms with Gasteiger partial charge in [0, 0.05) is 5.69 Å². The molecular formula is C14H24N2. The monoisotopic (exact) mass is 220 g/mol. The molecule has 1 aromatic rings. The van der Waals surface area contributed by atoms with Crippen LogP contribution in [0, 0.1) is 5.92 Å². The van der Waals surface area contributed by atoms with Crippen LogP contribution in [-0.2, 0) is 6.42 Å². The van der Waals surface area contributed by atoms with Crippen LogP contribution in [0.3, 0.4) is 0 Å². The second-order valence-electron chi connectivity index (χ2n) is 4.38. The first-order valence-electron chi connectivity index (χ1n) is 6.31. The molecule has 0 aliphatic rings. The summed E-state index contributed by atoms with van der Waals surface area (Å²) in [6.45, 7) is 6.72. The molecule has 2 heteroatoms. The molecule has 2 nitrogen and oxygen atoms in total. The largest absolute Gasteiger partial charge is 0.399 e. The summed E-state index contributed by atoms with van der Waals surface area (Å²) < 4.78 is 0. The van der Waals surface area contributed by atoms with Gasteiger partial charge in [-0.1, -0.05) is 38.8 Å². The van der Waals surface area contributed by atoms with Crippen molar-refractivity contribution < 1.29 is 0 Å². The van der Waals surface area contributed by atoms with Gasteiger partial charge in [-0.15, -0.1) is 0 Å². The van der Waals surface area contributed by atoms with E-state index in [1.54, 1.807) is 0 Å². The average Bonchev–Trinajstić information content (AvgIpc) is 2.32. The van der Waals surface area contributed by atoms with Crippen molar-refractivity contribution in [3.8, 4) is 0 Å². The summed E-state index contributed by atoms with van der Waals surface area (Å²) in [5.74, 6) is 0.825. The average molecular weight is 220 g/mol. The summed E-state index contributed by atoms with van der Waals surface area (Å²) >= 11 is 0. The quantitative estimate of drug-likeness (QED) is 0.548. The molecule has 0 aliphatic heterocycles. The third-order valence-electron chi connectivity index (χ3n) is 3.16. The van der Waals surface area contributed by atoms with Crippen molar-refractivity contribution in [3.05, 3.63) is 29.8 Å². The predicted molar refractivity (Wildman–Crippen MR) is 71.5 cm³/mol. The Hall–Kier alpha value is -1.02. The molecule has 16 heavy (non-hydrogen) atoms. The maximum absolute atomic E-state index is 5.64. The summed E-state index contributed by atoms with van der Waals surface area (Å²) in [5.41, 5.74) is 7.84. The molecule has 3 N–H and O–H groups in total. The number of nitrogen functional groups attached to an aromatic ring is 1. The number of nitrogens with one attached hydrogen (secondary N) is 1. The lowest BCUT2D eigenvalue weighted by molar-refractivity contribution is 0.452. The van der Waals surface area contributed by atoms with E-state index < -0.39 is 0 Å². The Morgan fingerprint density at radius 1 is 1.12 bits per heavy atom. The van der Waals surface area contributed by atoms with E-state index >= 15 is 0 Å². The zero-order valence-corrected chi connectivity index (χ0v) is 10.5. The molecule has 1 rings (SSSR count). The molecule has 0 spiro atoms. The number of anilines is 1. The Kier molecular flexibility index (Phi) is 5.94. The highest BCUT2D eigenvalue weighted by Gasteiger charge is 2.01. The summed E-state index contributed by atoms with van der Waals surface area (Å²) in [6, 6.07) is 8.15. The van der Waals surface area contributed by atoms with Gasteiger partial charge in [0.25, 0.3) is 0 Å². The third kappa shape index (κ3) is 4.67. The number of nitrogens with two attached hydrogens (primary N) is 1. The van der Waals surface area contributed by atoms with Crippen LogP contribution < -0.4 is 11.1 Å². The first-order chi connectivity index (χ1) is 7.76. The number of benzene rings is 1. The van der Waals surface area contributed by atoms with Crippen LogP contribution in [-0.4, -0.2) is 13.1 Å². The Morgan fingerprint density at radius 2 is 1.75 bits per heavy atom. The minimum Gasteiger partial charge on any atom is -0.399 e. The van der Waals surface area contributed by atoms with Crippen molar-refractivity contribution in [2.24, 2.45) is 5.92 Å². The lowest BCUT2D eigenvalue weighted by atomic mass is 10.0. The predicted octanol–water partition coefficient (Wildman–Crippen LogP) is 2.84. The zero-order valence-electron chi connectivity index (χ0n) is 10.5. The van der Waals surface area contributed by atoms with Gasteiger partial charge in [-0.3, -0.25) is 0 Å². The van der Waals surface area contributed by atoms with E-state index in [0.717, 1.165) is 31.1 Å². The normalized spacial score (nSPS) is 10.9. The molecule has 1 aromatic carbocycles. The second-order valence-corrected chi connectivity index (χ2v) is 4.38. The maximum atomic E-state index is 5.64. The maximum Gasteiger partial charge on any atom is 0.0314 e. The van der Waals surface area contributed by atoms with Gasteiger partial charge in [-0.25, -0.2) is 0 Å². The standard InChI is InChI=1S/C14H24N2/c1-3-12(4-2)11-16-10-9-13-5-7-14(15)8-6-13/h5-8,12,16H,3-4,9-11,15H2,1-2H3. The van der Waals surface area contributed by atoms with E-state index in [9.17, 15) is 0 Å². The van der Waals surface area contributed by atoms with Crippen molar-refractivity contribution in [1.29, 1.82) is 0 Å². The van der Waals surface area contributed by atoms with Gasteiger partial charge >= 0.3 is 0 Å². The fourth-order valence-electron chi connectivity index (χ4n) is 1.80. The van der Waals surface area contributed by atoms with Gasteiger partial charge in [0.15, 0.2) is 0 Å². The van der Waals surface area contributed by atoms with Gasteiger partial charge in [-0.2, -0.15) is 0 Å². The van der Waals surface area contributed by atoms with Crippen LogP contribution in [0.2, 0.25) is 0 Å². The number of hydrogen-bond acceptors (Lipinski definition) is 2. The molecule has 0 aromatic heterocycles. The van der Waals surface area contributed by atoms with E-state index in [0.29, 0.717) is 0 Å². The zero-order chi connectivity index (χ0) is 11.8. The summed E-state index contributed by atoms with van der Waals surface area (Å²) in [5, 5.41) is 3.52.